The second-order valence-corrected chi connectivity index (χ2v) is 7.03. The largest absolute Gasteiger partial charge is 0.481 e. The van der Waals surface area contributed by atoms with Crippen LogP contribution in [-0.4, -0.2) is 42.5 Å². The number of nitrogens with zero attached hydrogens (tertiary/aromatic N) is 2. The lowest BCUT2D eigenvalue weighted by Crippen LogP contribution is -2.20. The Hall–Kier alpha value is -2.33. The maximum atomic E-state index is 11.5. The van der Waals surface area contributed by atoms with Crippen LogP contribution in [0.5, 0.6) is 0 Å². The molecule has 0 fully saturated rings. The molecule has 1 atom stereocenters. The molecule has 1 unspecified atom stereocenters. The first-order chi connectivity index (χ1) is 12.3. The first-order valence-corrected chi connectivity index (χ1v) is 8.95. The topological polar surface area (TPSA) is 52.9 Å². The number of allylic oxidation sites excluding steroid dienone is 3. The van der Waals surface area contributed by atoms with Crippen LogP contribution in [0.15, 0.2) is 58.6 Å². The number of amidine groups is 1. The molecule has 0 radical (unpaired) electrons. The average molecular weight is 373 g/mol. The molecule has 4 nitrogen and oxygen atoms in total. The van der Waals surface area contributed by atoms with Gasteiger partial charge in [-0.15, -0.1) is 0 Å². The smallest absolute Gasteiger partial charge is 0.307 e. The van der Waals surface area contributed by atoms with Gasteiger partial charge in [0.2, 0.25) is 0 Å². The molecule has 1 aliphatic rings. The molecule has 0 spiro atoms. The molecule has 0 aromatic heterocycles. The van der Waals surface area contributed by atoms with Gasteiger partial charge in [0, 0.05) is 25.0 Å². The van der Waals surface area contributed by atoms with Crippen molar-refractivity contribution in [1.29, 1.82) is 0 Å². The van der Waals surface area contributed by atoms with Crippen LogP contribution in [0.2, 0.25) is 5.02 Å². The zero-order valence-electron chi connectivity index (χ0n) is 15.7. The summed E-state index contributed by atoms with van der Waals surface area (Å²) in [7, 11) is 3.92. The van der Waals surface area contributed by atoms with Crippen molar-refractivity contribution >= 4 is 29.0 Å². The quantitative estimate of drug-likeness (QED) is 0.838. The molecule has 2 rings (SSSR count). The Morgan fingerprint density at radius 2 is 1.96 bits per heavy atom. The maximum absolute atomic E-state index is 11.5. The SMILES string of the molecule is CC1=C/C/N=C(N(C)C)\C=C/C(C)/C(c2ccc(Cl)cc2)=C\1CC(=O)O. The predicted octanol–water partition coefficient (Wildman–Crippen LogP) is 4.68. The molecule has 0 saturated heterocycles. The predicted molar refractivity (Wildman–Crippen MR) is 109 cm³/mol. The minimum Gasteiger partial charge on any atom is -0.481 e. The fourth-order valence-corrected chi connectivity index (χ4v) is 3.13. The molecular weight excluding hydrogens is 348 g/mol. The Balaban J connectivity index is 2.65. The van der Waals surface area contributed by atoms with Gasteiger partial charge in [0.05, 0.1) is 13.0 Å². The zero-order chi connectivity index (χ0) is 19.3. The van der Waals surface area contributed by atoms with Gasteiger partial charge in [0.25, 0.3) is 0 Å². The number of carboxylic acid groups (broad SMARTS) is 1. The second kappa shape index (κ2) is 8.86. The van der Waals surface area contributed by atoms with Crippen LogP contribution in [0, 0.1) is 5.92 Å². The fourth-order valence-electron chi connectivity index (χ4n) is 3.01. The van der Waals surface area contributed by atoms with Crippen molar-refractivity contribution in [2.45, 2.75) is 20.3 Å². The molecule has 0 saturated carbocycles. The highest BCUT2D eigenvalue weighted by Gasteiger charge is 2.19. The Kier molecular flexibility index (Phi) is 6.81. The van der Waals surface area contributed by atoms with E-state index in [0.29, 0.717) is 11.6 Å². The van der Waals surface area contributed by atoms with Crippen LogP contribution in [0.3, 0.4) is 0 Å². The summed E-state index contributed by atoms with van der Waals surface area (Å²) in [4.78, 5) is 18.1. The summed E-state index contributed by atoms with van der Waals surface area (Å²) >= 11 is 6.04. The number of aliphatic carboxylic acids is 1. The molecule has 1 heterocycles. The molecule has 1 aromatic rings. The lowest BCUT2D eigenvalue weighted by molar-refractivity contribution is -0.136. The number of halogens is 1. The van der Waals surface area contributed by atoms with Gasteiger partial charge in [0.1, 0.15) is 5.84 Å². The number of carboxylic acids is 1. The van der Waals surface area contributed by atoms with E-state index in [-0.39, 0.29) is 12.3 Å². The minimum atomic E-state index is -0.843. The normalized spacial score (nSPS) is 26.3. The molecule has 138 valence electrons. The Labute approximate surface area is 160 Å². The molecule has 26 heavy (non-hydrogen) atoms. The molecule has 5 heteroatoms. The van der Waals surface area contributed by atoms with Gasteiger partial charge in [-0.05, 0) is 47.4 Å². The summed E-state index contributed by atoms with van der Waals surface area (Å²) in [5.74, 6) is 0.0695. The number of benzene rings is 1. The van der Waals surface area contributed by atoms with Gasteiger partial charge in [0.15, 0.2) is 0 Å². The molecule has 0 bridgehead atoms. The number of aliphatic imine (C=N–C) groups is 1. The lowest BCUT2D eigenvalue weighted by atomic mass is 9.84. The summed E-state index contributed by atoms with van der Waals surface area (Å²) in [6.07, 6.45) is 6.03. The van der Waals surface area contributed by atoms with E-state index >= 15 is 0 Å². The summed E-state index contributed by atoms with van der Waals surface area (Å²) in [5.41, 5.74) is 3.77. The zero-order valence-corrected chi connectivity index (χ0v) is 16.4. The molecular formula is C21H25ClN2O2. The van der Waals surface area contributed by atoms with Crippen molar-refractivity contribution in [3.8, 4) is 0 Å². The van der Waals surface area contributed by atoms with E-state index in [1.807, 2.05) is 62.3 Å². The van der Waals surface area contributed by atoms with E-state index < -0.39 is 5.97 Å². The van der Waals surface area contributed by atoms with Crippen molar-refractivity contribution in [3.63, 3.8) is 0 Å². The van der Waals surface area contributed by atoms with Crippen molar-refractivity contribution in [2.75, 3.05) is 20.6 Å². The van der Waals surface area contributed by atoms with Gasteiger partial charge in [-0.2, -0.15) is 0 Å². The Morgan fingerprint density at radius 3 is 2.54 bits per heavy atom. The van der Waals surface area contributed by atoms with E-state index in [1.54, 1.807) is 0 Å². The van der Waals surface area contributed by atoms with Gasteiger partial charge >= 0.3 is 5.97 Å². The van der Waals surface area contributed by atoms with Crippen LogP contribution in [-0.2, 0) is 4.79 Å². The molecule has 0 aliphatic carbocycles. The number of likely N-dealkylation sites (N-methyl/N-ethyl adjacent to an activating group) is 1. The van der Waals surface area contributed by atoms with E-state index in [1.165, 1.54) is 0 Å². The lowest BCUT2D eigenvalue weighted by Gasteiger charge is -2.21. The molecule has 1 aliphatic heterocycles. The van der Waals surface area contributed by atoms with Crippen LogP contribution in [0.25, 0.3) is 5.57 Å². The fraction of sp³-hybridized carbons (Fsp3) is 0.333. The molecule has 1 N–H and O–H groups in total. The van der Waals surface area contributed by atoms with Crippen LogP contribution in [0.4, 0.5) is 0 Å². The summed E-state index contributed by atoms with van der Waals surface area (Å²) < 4.78 is 0. The van der Waals surface area contributed by atoms with E-state index in [4.69, 9.17) is 11.6 Å². The van der Waals surface area contributed by atoms with Crippen molar-refractivity contribution in [2.24, 2.45) is 10.9 Å². The first kappa shape index (κ1) is 20.0. The number of hydrogen-bond acceptors (Lipinski definition) is 3. The highest BCUT2D eigenvalue weighted by molar-refractivity contribution is 6.30. The van der Waals surface area contributed by atoms with Crippen LogP contribution < -0.4 is 0 Å². The minimum absolute atomic E-state index is 0.0251. The summed E-state index contributed by atoms with van der Waals surface area (Å²) in [5, 5.41) is 10.1. The first-order valence-electron chi connectivity index (χ1n) is 8.57. The van der Waals surface area contributed by atoms with Gasteiger partial charge in [-0.25, -0.2) is 0 Å². The molecule has 1 aromatic carbocycles. The van der Waals surface area contributed by atoms with Gasteiger partial charge in [-0.3, -0.25) is 9.79 Å². The summed E-state index contributed by atoms with van der Waals surface area (Å²) in [6, 6.07) is 7.57. The van der Waals surface area contributed by atoms with E-state index in [9.17, 15) is 9.90 Å². The van der Waals surface area contributed by atoms with Gasteiger partial charge in [-0.1, -0.05) is 42.8 Å². The highest BCUT2D eigenvalue weighted by atomic mass is 35.5. The van der Waals surface area contributed by atoms with Crippen molar-refractivity contribution in [1.82, 2.24) is 4.90 Å². The van der Waals surface area contributed by atoms with Crippen LogP contribution in [0.1, 0.15) is 25.8 Å². The Bertz CT molecular complexity index is 787. The number of carbonyl (C=O) groups is 1. The molecule has 0 amide bonds. The standard InChI is InChI=1S/C21H25ClN2O2/c1-14-11-12-23-19(24(3)4)10-5-15(2)21(18(14)13-20(25)26)16-6-8-17(22)9-7-16/h5-11,15H,12-13H2,1-4H3,(H,25,26)/b10-5-,14-11-,21-18+,23-19+. The van der Waals surface area contributed by atoms with Gasteiger partial charge < -0.3 is 10.0 Å². The Morgan fingerprint density at radius 1 is 1.31 bits per heavy atom. The van der Waals surface area contributed by atoms with E-state index in [0.717, 1.165) is 28.1 Å². The summed E-state index contributed by atoms with van der Waals surface area (Å²) in [6.45, 7) is 4.54. The third-order valence-electron chi connectivity index (χ3n) is 4.38. The number of rotatable bonds is 3. The van der Waals surface area contributed by atoms with Crippen molar-refractivity contribution in [3.05, 3.63) is 64.2 Å². The van der Waals surface area contributed by atoms with Crippen LogP contribution >= 0.6 is 11.6 Å². The third-order valence-corrected chi connectivity index (χ3v) is 4.63. The second-order valence-electron chi connectivity index (χ2n) is 6.60. The maximum Gasteiger partial charge on any atom is 0.307 e. The van der Waals surface area contributed by atoms with Crippen molar-refractivity contribution < 1.29 is 9.90 Å². The average Bonchev–Trinajstić information content (AvgIpc) is 2.57. The third kappa shape index (κ3) is 5.09. The highest BCUT2D eigenvalue weighted by Crippen LogP contribution is 2.34. The monoisotopic (exact) mass is 372 g/mol. The number of hydrogen-bond donors (Lipinski definition) is 1. The van der Waals surface area contributed by atoms with E-state index in [2.05, 4.69) is 18.0 Å².